The molecule has 2 aromatic rings. The van der Waals surface area contributed by atoms with Crippen LogP contribution in [0.2, 0.25) is 5.02 Å². The van der Waals surface area contributed by atoms with Gasteiger partial charge < -0.3 is 47.3 Å². The summed E-state index contributed by atoms with van der Waals surface area (Å²) in [5.41, 5.74) is 6.35. The molecule has 0 radical (unpaired) electrons. The molecule has 8 N–H and O–H groups in total. The molecule has 4 rings (SSSR count). The summed E-state index contributed by atoms with van der Waals surface area (Å²) >= 11 is 5.98. The van der Waals surface area contributed by atoms with Gasteiger partial charge in [0.15, 0.2) is 0 Å². The molecule has 5 atom stereocenters. The van der Waals surface area contributed by atoms with Crippen molar-refractivity contribution in [2.24, 2.45) is 17.6 Å². The molecular weight excluding hydrogens is 784 g/mol. The standard InChI is InChI=1S/C41H55ClN8O9/c1-4-11-30(35(52)38(55)44-21-32(51)48-33(36(43)53)25-12-7-5-8-13-25)47-37(54)31-20-29(46-40(57)45-28-18-16-27(42)17-19-28)22-50(31)39(56)34(26-14-9-6-10-15-26)49-41(58)59-23-24(2)3/h5,7-8,12-13,16-19,24,26,29-31,33-34H,4,6,9-11,14-15,20-23H2,1-3H3,(H2,43,53)(H,44,55)(H,47,54)(H,48,51)(H,49,58)(H2,45,46,57)/t29-,30?,31?,33-,34-/m0/s1. The Bertz CT molecular complexity index is 1810. The maximum Gasteiger partial charge on any atom is 0.407 e. The van der Waals surface area contributed by atoms with Crippen molar-refractivity contribution in [1.82, 2.24) is 31.5 Å². The molecular formula is C41H55ClN8O9. The van der Waals surface area contributed by atoms with Gasteiger partial charge in [-0.3, -0.25) is 28.8 Å². The summed E-state index contributed by atoms with van der Waals surface area (Å²) in [7, 11) is 0. The molecule has 2 fully saturated rings. The first kappa shape index (κ1) is 46.0. The fourth-order valence-electron chi connectivity index (χ4n) is 7.16. The SMILES string of the molecule is CCCC(NC(=O)C1C[C@H](NC(=O)Nc2ccc(Cl)cc2)CN1C(=O)[C@@H](NC(=O)OCC(C)C)C1CCCCC1)C(=O)C(=O)NCC(=O)N[C@H](C(N)=O)c1ccccc1. The largest absolute Gasteiger partial charge is 0.449 e. The number of nitrogens with zero attached hydrogens (tertiary/aromatic N) is 1. The lowest BCUT2D eigenvalue weighted by Crippen LogP contribution is -2.58. The maximum absolute atomic E-state index is 14.5. The van der Waals surface area contributed by atoms with Crippen molar-refractivity contribution < 1.29 is 43.1 Å². The van der Waals surface area contributed by atoms with E-state index in [-0.39, 0.29) is 37.8 Å². The lowest BCUT2D eigenvalue weighted by Gasteiger charge is -2.34. The second-order valence-corrected chi connectivity index (χ2v) is 15.7. The average molecular weight is 839 g/mol. The number of Topliss-reactive ketones (excluding diaryl/α,β-unsaturated/α-hetero) is 1. The van der Waals surface area contributed by atoms with Crippen LogP contribution in [0.25, 0.3) is 0 Å². The van der Waals surface area contributed by atoms with Gasteiger partial charge in [-0.15, -0.1) is 0 Å². The minimum atomic E-state index is -1.34. The zero-order valence-corrected chi connectivity index (χ0v) is 34.3. The minimum Gasteiger partial charge on any atom is -0.449 e. The quantitative estimate of drug-likeness (QED) is 0.109. The number of rotatable bonds is 18. The summed E-state index contributed by atoms with van der Waals surface area (Å²) in [6, 6.07) is 8.56. The first-order chi connectivity index (χ1) is 28.2. The zero-order chi connectivity index (χ0) is 43.1. The van der Waals surface area contributed by atoms with Crippen LogP contribution in [-0.2, 0) is 33.5 Å². The second kappa shape index (κ2) is 22.4. The van der Waals surface area contributed by atoms with E-state index < -0.39 is 84.2 Å². The predicted molar refractivity (Wildman–Crippen MR) is 219 cm³/mol. The third kappa shape index (κ3) is 14.0. The third-order valence-electron chi connectivity index (χ3n) is 10.1. The zero-order valence-electron chi connectivity index (χ0n) is 33.6. The highest BCUT2D eigenvalue weighted by atomic mass is 35.5. The molecule has 17 nitrogen and oxygen atoms in total. The van der Waals surface area contributed by atoms with E-state index in [4.69, 9.17) is 22.1 Å². The van der Waals surface area contributed by atoms with E-state index in [0.717, 1.165) is 19.3 Å². The molecule has 1 aliphatic heterocycles. The molecule has 320 valence electrons. The number of nitrogens with two attached hydrogens (primary N) is 1. The van der Waals surface area contributed by atoms with Gasteiger partial charge in [-0.1, -0.05) is 88.4 Å². The van der Waals surface area contributed by atoms with Crippen LogP contribution in [0.3, 0.4) is 0 Å². The molecule has 59 heavy (non-hydrogen) atoms. The number of anilines is 1. The Morgan fingerprint density at radius 1 is 0.898 bits per heavy atom. The molecule has 1 saturated carbocycles. The van der Waals surface area contributed by atoms with E-state index in [2.05, 4.69) is 31.9 Å². The van der Waals surface area contributed by atoms with Crippen LogP contribution >= 0.6 is 11.6 Å². The molecule has 1 saturated heterocycles. The third-order valence-corrected chi connectivity index (χ3v) is 10.4. The molecule has 0 spiro atoms. The van der Waals surface area contributed by atoms with E-state index in [1.165, 1.54) is 4.90 Å². The molecule has 18 heteroatoms. The molecule has 2 aliphatic rings. The van der Waals surface area contributed by atoms with Gasteiger partial charge in [0, 0.05) is 17.3 Å². The second-order valence-electron chi connectivity index (χ2n) is 15.3. The highest BCUT2D eigenvalue weighted by molar-refractivity contribution is 6.38. The normalized spacial score (nSPS) is 18.1. The number of alkyl carbamates (subject to hydrolysis) is 1. The van der Waals surface area contributed by atoms with Gasteiger partial charge in [-0.2, -0.15) is 0 Å². The number of urea groups is 1. The Balaban J connectivity index is 1.50. The predicted octanol–water partition coefficient (Wildman–Crippen LogP) is 3.08. The molecule has 2 aromatic carbocycles. The minimum absolute atomic E-state index is 0.0434. The van der Waals surface area contributed by atoms with E-state index in [0.29, 0.717) is 35.5 Å². The molecule has 1 heterocycles. The first-order valence-electron chi connectivity index (χ1n) is 20.0. The average Bonchev–Trinajstić information content (AvgIpc) is 3.64. The Kier molecular flexibility index (Phi) is 17.5. The van der Waals surface area contributed by atoms with Crippen LogP contribution in [0.1, 0.15) is 83.7 Å². The number of halogens is 1. The van der Waals surface area contributed by atoms with Gasteiger partial charge in [0.1, 0.15) is 18.1 Å². The highest BCUT2D eigenvalue weighted by Crippen LogP contribution is 2.30. The molecule has 0 bridgehead atoms. The number of hydrogen-bond donors (Lipinski definition) is 7. The summed E-state index contributed by atoms with van der Waals surface area (Å²) in [4.78, 5) is 107. The molecule has 0 aromatic heterocycles. The summed E-state index contributed by atoms with van der Waals surface area (Å²) in [6.07, 6.45) is 3.59. The van der Waals surface area contributed by atoms with Crippen molar-refractivity contribution in [1.29, 1.82) is 0 Å². The fraction of sp³-hybridized carbons (Fsp3) is 0.512. The lowest BCUT2D eigenvalue weighted by molar-refractivity contribution is -0.143. The Morgan fingerprint density at radius 3 is 2.20 bits per heavy atom. The van der Waals surface area contributed by atoms with Crippen molar-refractivity contribution in [3.8, 4) is 0 Å². The van der Waals surface area contributed by atoms with Gasteiger partial charge in [0.2, 0.25) is 29.4 Å². The van der Waals surface area contributed by atoms with Crippen LogP contribution in [0.15, 0.2) is 54.6 Å². The number of amides is 8. The van der Waals surface area contributed by atoms with E-state index >= 15 is 0 Å². The number of hydrogen-bond acceptors (Lipinski definition) is 9. The van der Waals surface area contributed by atoms with Crippen LogP contribution in [0, 0.1) is 11.8 Å². The number of ether oxygens (including phenoxy) is 1. The Morgan fingerprint density at radius 2 is 1.58 bits per heavy atom. The van der Waals surface area contributed by atoms with Crippen molar-refractivity contribution in [2.45, 2.75) is 102 Å². The molecule has 8 amide bonds. The summed E-state index contributed by atoms with van der Waals surface area (Å²) in [5, 5.41) is 16.1. The number of likely N-dealkylation sites (tertiary alicyclic amines) is 1. The highest BCUT2D eigenvalue weighted by Gasteiger charge is 2.45. The van der Waals surface area contributed by atoms with Crippen molar-refractivity contribution in [2.75, 3.05) is 25.0 Å². The molecule has 1 aliphatic carbocycles. The van der Waals surface area contributed by atoms with Gasteiger partial charge in [-0.05, 0) is 67.3 Å². The Hall–Kier alpha value is -5.71. The van der Waals surface area contributed by atoms with Crippen molar-refractivity contribution >= 4 is 64.7 Å². The van der Waals surface area contributed by atoms with Gasteiger partial charge >= 0.3 is 12.1 Å². The number of carbonyl (C=O) groups excluding carboxylic acids is 8. The van der Waals surface area contributed by atoms with Gasteiger partial charge in [0.05, 0.1) is 25.2 Å². The lowest BCUT2D eigenvalue weighted by atomic mass is 9.83. The van der Waals surface area contributed by atoms with Crippen LogP contribution in [0.4, 0.5) is 15.3 Å². The Labute approximate surface area is 348 Å². The summed E-state index contributed by atoms with van der Waals surface area (Å²) in [5.74, 6) is -5.31. The monoisotopic (exact) mass is 838 g/mol. The van der Waals surface area contributed by atoms with Crippen LogP contribution < -0.4 is 37.6 Å². The number of ketones is 1. The van der Waals surface area contributed by atoms with E-state index in [1.807, 2.05) is 13.8 Å². The van der Waals surface area contributed by atoms with Crippen LogP contribution in [-0.4, -0.2) is 96.2 Å². The molecule has 2 unspecified atom stereocenters. The number of carbonyl (C=O) groups is 8. The number of nitrogens with one attached hydrogen (secondary N) is 6. The topological polar surface area (TPSA) is 247 Å². The smallest absolute Gasteiger partial charge is 0.407 e. The van der Waals surface area contributed by atoms with E-state index in [1.54, 1.807) is 61.5 Å². The van der Waals surface area contributed by atoms with Gasteiger partial charge in [0.25, 0.3) is 5.91 Å². The van der Waals surface area contributed by atoms with E-state index in [9.17, 15) is 38.4 Å². The van der Waals surface area contributed by atoms with Crippen molar-refractivity contribution in [3.63, 3.8) is 0 Å². The van der Waals surface area contributed by atoms with Gasteiger partial charge in [-0.25, -0.2) is 9.59 Å². The van der Waals surface area contributed by atoms with Crippen LogP contribution in [0.5, 0.6) is 0 Å². The maximum atomic E-state index is 14.5. The summed E-state index contributed by atoms with van der Waals surface area (Å²) in [6.45, 7) is 4.87. The first-order valence-corrected chi connectivity index (χ1v) is 20.4. The summed E-state index contributed by atoms with van der Waals surface area (Å²) < 4.78 is 5.37. The van der Waals surface area contributed by atoms with Crippen molar-refractivity contribution in [3.05, 3.63) is 65.2 Å². The number of benzene rings is 2. The fourth-order valence-corrected chi connectivity index (χ4v) is 7.29. The number of primary amides is 1.